The summed E-state index contributed by atoms with van der Waals surface area (Å²) in [7, 11) is 0. The highest BCUT2D eigenvalue weighted by atomic mass is 16.3. The zero-order chi connectivity index (χ0) is 20.5. The van der Waals surface area contributed by atoms with Gasteiger partial charge in [0.05, 0.1) is 12.7 Å². The number of carbonyl (C=O) groups is 1. The van der Waals surface area contributed by atoms with Crippen LogP contribution in [0.3, 0.4) is 0 Å². The number of nitrogens with one attached hydrogen (secondary N) is 1. The summed E-state index contributed by atoms with van der Waals surface area (Å²) in [4.78, 5) is 15.1. The topological polar surface area (TPSA) is 45.5 Å². The number of hydrogen-bond donors (Lipinski definition) is 1. The van der Waals surface area contributed by atoms with Crippen molar-refractivity contribution in [3.8, 4) is 0 Å². The molecule has 4 rings (SSSR count). The number of fused-ring (bicyclic) bond motifs is 1. The lowest BCUT2D eigenvalue weighted by Crippen LogP contribution is -2.18. The Labute approximate surface area is 172 Å². The van der Waals surface area contributed by atoms with Crippen LogP contribution in [-0.2, 0) is 11.2 Å². The fourth-order valence-corrected chi connectivity index (χ4v) is 4.33. The first-order valence-corrected chi connectivity index (χ1v) is 10.6. The van der Waals surface area contributed by atoms with E-state index in [0.717, 1.165) is 40.9 Å². The van der Waals surface area contributed by atoms with Gasteiger partial charge in [0.25, 0.3) is 0 Å². The first kappa shape index (κ1) is 19.6. The van der Waals surface area contributed by atoms with Gasteiger partial charge in [-0.2, -0.15) is 0 Å². The van der Waals surface area contributed by atoms with Gasteiger partial charge in [-0.1, -0.05) is 13.8 Å². The molecule has 0 atom stereocenters. The second kappa shape index (κ2) is 7.94. The number of amides is 1. The van der Waals surface area contributed by atoms with E-state index in [4.69, 9.17) is 4.42 Å². The molecule has 2 aromatic carbocycles. The van der Waals surface area contributed by atoms with Crippen LogP contribution in [0.5, 0.6) is 0 Å². The lowest BCUT2D eigenvalue weighted by Gasteiger charge is -2.19. The van der Waals surface area contributed by atoms with Gasteiger partial charge in [-0.05, 0) is 79.6 Å². The van der Waals surface area contributed by atoms with Crippen LogP contribution in [0.25, 0.3) is 11.0 Å². The highest BCUT2D eigenvalue weighted by Gasteiger charge is 2.16. The van der Waals surface area contributed by atoms with Gasteiger partial charge in [-0.15, -0.1) is 0 Å². The van der Waals surface area contributed by atoms with Crippen molar-refractivity contribution < 1.29 is 9.21 Å². The molecule has 1 aromatic heterocycles. The Morgan fingerprint density at radius 3 is 2.55 bits per heavy atom. The van der Waals surface area contributed by atoms with Crippen LogP contribution in [0, 0.1) is 13.8 Å². The van der Waals surface area contributed by atoms with E-state index < -0.39 is 0 Å². The van der Waals surface area contributed by atoms with Gasteiger partial charge in [0.1, 0.15) is 5.58 Å². The van der Waals surface area contributed by atoms with Crippen molar-refractivity contribution in [2.75, 3.05) is 23.3 Å². The average molecular weight is 391 g/mol. The minimum atomic E-state index is -0.0172. The Morgan fingerprint density at radius 1 is 1.10 bits per heavy atom. The second-order valence-electron chi connectivity index (χ2n) is 8.54. The molecule has 1 N–H and O–H groups in total. The lowest BCUT2D eigenvalue weighted by atomic mass is 9.95. The van der Waals surface area contributed by atoms with Crippen LogP contribution in [-0.4, -0.2) is 19.0 Å². The number of furan rings is 1. The maximum atomic E-state index is 12.7. The fraction of sp³-hybridized carbons (Fsp3) is 0.400. The maximum absolute atomic E-state index is 12.7. The van der Waals surface area contributed by atoms with Crippen LogP contribution in [0.4, 0.5) is 11.4 Å². The van der Waals surface area contributed by atoms with E-state index in [1.165, 1.54) is 29.7 Å². The van der Waals surface area contributed by atoms with Gasteiger partial charge in [-0.3, -0.25) is 4.79 Å². The monoisotopic (exact) mass is 390 g/mol. The number of nitrogens with zero attached hydrogens (tertiary/aromatic N) is 1. The fourth-order valence-electron chi connectivity index (χ4n) is 4.33. The number of carbonyl (C=O) groups excluding carboxylic acids is 1. The zero-order valence-electron chi connectivity index (χ0n) is 17.8. The second-order valence-corrected chi connectivity index (χ2v) is 8.54. The van der Waals surface area contributed by atoms with E-state index in [9.17, 15) is 4.79 Å². The van der Waals surface area contributed by atoms with Crippen LogP contribution in [0.2, 0.25) is 0 Å². The zero-order valence-corrected chi connectivity index (χ0v) is 17.8. The molecule has 0 radical (unpaired) electrons. The van der Waals surface area contributed by atoms with Gasteiger partial charge >= 0.3 is 0 Å². The van der Waals surface area contributed by atoms with E-state index in [0.29, 0.717) is 12.3 Å². The molecule has 1 aliphatic rings. The SMILES string of the molecule is Cc1cc(N2CCCC2)ccc1NC(=O)Cc1coc2cc(C)c(C(C)C)cc12. The summed E-state index contributed by atoms with van der Waals surface area (Å²) in [6, 6.07) is 10.6. The Morgan fingerprint density at radius 2 is 1.86 bits per heavy atom. The smallest absolute Gasteiger partial charge is 0.228 e. The first-order valence-electron chi connectivity index (χ1n) is 10.6. The molecule has 1 aliphatic heterocycles. The van der Waals surface area contributed by atoms with Crippen molar-refractivity contribution in [3.63, 3.8) is 0 Å². The first-order chi connectivity index (χ1) is 13.9. The Kier molecular flexibility index (Phi) is 5.35. The van der Waals surface area contributed by atoms with E-state index in [1.807, 2.05) is 6.07 Å². The molecule has 0 unspecified atom stereocenters. The van der Waals surface area contributed by atoms with Crippen molar-refractivity contribution in [3.05, 3.63) is 58.8 Å². The molecule has 0 saturated carbocycles. The van der Waals surface area contributed by atoms with Crippen molar-refractivity contribution in [2.45, 2.75) is 52.9 Å². The number of hydrogen-bond acceptors (Lipinski definition) is 3. The summed E-state index contributed by atoms with van der Waals surface area (Å²) in [5, 5.41) is 4.12. The average Bonchev–Trinajstić information content (AvgIpc) is 3.33. The standard InChI is InChI=1S/C25H30N2O2/c1-16(2)21-14-22-19(15-29-24(22)12-17(21)3)13-25(28)26-23-8-7-20(11-18(23)4)27-9-5-6-10-27/h7-8,11-12,14-16H,5-6,9-10,13H2,1-4H3,(H,26,28). The van der Waals surface area contributed by atoms with E-state index in [-0.39, 0.29) is 5.91 Å². The summed E-state index contributed by atoms with van der Waals surface area (Å²) in [5.74, 6) is 0.421. The van der Waals surface area contributed by atoms with E-state index in [1.54, 1.807) is 6.26 Å². The normalized spacial score (nSPS) is 14.2. The van der Waals surface area contributed by atoms with Gasteiger partial charge in [0.2, 0.25) is 5.91 Å². The third-order valence-electron chi connectivity index (χ3n) is 5.97. The van der Waals surface area contributed by atoms with Crippen molar-refractivity contribution in [1.29, 1.82) is 0 Å². The molecular formula is C25H30N2O2. The third kappa shape index (κ3) is 4.02. The highest BCUT2D eigenvalue weighted by molar-refractivity contribution is 5.96. The van der Waals surface area contributed by atoms with Crippen molar-refractivity contribution in [2.24, 2.45) is 0 Å². The minimum Gasteiger partial charge on any atom is -0.464 e. The molecule has 1 saturated heterocycles. The molecule has 3 aromatic rings. The van der Waals surface area contributed by atoms with Crippen LogP contribution < -0.4 is 10.2 Å². The third-order valence-corrected chi connectivity index (χ3v) is 5.97. The predicted octanol–water partition coefficient (Wildman–Crippen LogP) is 5.95. The number of anilines is 2. The molecule has 1 fully saturated rings. The molecule has 1 amide bonds. The van der Waals surface area contributed by atoms with Crippen LogP contribution in [0.15, 0.2) is 41.0 Å². The number of rotatable bonds is 5. The van der Waals surface area contributed by atoms with Gasteiger partial charge in [0.15, 0.2) is 0 Å². The lowest BCUT2D eigenvalue weighted by molar-refractivity contribution is -0.115. The minimum absolute atomic E-state index is 0.0172. The Balaban J connectivity index is 1.50. The summed E-state index contributed by atoms with van der Waals surface area (Å²) < 4.78 is 5.73. The van der Waals surface area contributed by atoms with Crippen LogP contribution in [0.1, 0.15) is 54.9 Å². The molecule has 0 aliphatic carbocycles. The van der Waals surface area contributed by atoms with Gasteiger partial charge in [0, 0.05) is 35.4 Å². The number of benzene rings is 2. The van der Waals surface area contributed by atoms with E-state index >= 15 is 0 Å². The molecule has 29 heavy (non-hydrogen) atoms. The molecular weight excluding hydrogens is 360 g/mol. The molecule has 0 spiro atoms. The molecule has 2 heterocycles. The quantitative estimate of drug-likeness (QED) is 0.585. The van der Waals surface area contributed by atoms with Crippen molar-refractivity contribution in [1.82, 2.24) is 0 Å². The van der Waals surface area contributed by atoms with Gasteiger partial charge < -0.3 is 14.6 Å². The Bertz CT molecular complexity index is 1040. The van der Waals surface area contributed by atoms with Crippen molar-refractivity contribution >= 4 is 28.3 Å². The molecule has 4 nitrogen and oxygen atoms in total. The highest BCUT2D eigenvalue weighted by Crippen LogP contribution is 2.30. The number of aryl methyl sites for hydroxylation is 2. The predicted molar refractivity (Wildman–Crippen MR) is 120 cm³/mol. The summed E-state index contributed by atoms with van der Waals surface area (Å²) in [5.41, 5.74) is 7.53. The molecule has 0 bridgehead atoms. The van der Waals surface area contributed by atoms with E-state index in [2.05, 4.69) is 62.2 Å². The summed E-state index contributed by atoms with van der Waals surface area (Å²) in [6.07, 6.45) is 4.54. The van der Waals surface area contributed by atoms with Gasteiger partial charge in [-0.25, -0.2) is 0 Å². The Hall–Kier alpha value is -2.75. The summed E-state index contributed by atoms with van der Waals surface area (Å²) in [6.45, 7) is 10.8. The molecule has 152 valence electrons. The molecule has 4 heteroatoms. The largest absolute Gasteiger partial charge is 0.464 e. The summed E-state index contributed by atoms with van der Waals surface area (Å²) >= 11 is 0. The van der Waals surface area contributed by atoms with Crippen LogP contribution >= 0.6 is 0 Å². The maximum Gasteiger partial charge on any atom is 0.228 e.